The number of aromatic amines is 1. The zero-order chi connectivity index (χ0) is 15.8. The Morgan fingerprint density at radius 1 is 1.33 bits per heavy atom. The number of imidazole rings is 1. The fraction of sp³-hybridized carbons (Fsp3) is 0.500. The molecule has 21 heavy (non-hydrogen) atoms. The van der Waals surface area contributed by atoms with Crippen LogP contribution in [0.1, 0.15) is 38.1 Å². The van der Waals surface area contributed by atoms with Gasteiger partial charge in [-0.1, -0.05) is 6.92 Å². The number of carbonyl (C=O) groups excluding carboxylic acids is 1. The van der Waals surface area contributed by atoms with Gasteiger partial charge in [0.05, 0.1) is 6.04 Å². The van der Waals surface area contributed by atoms with Gasteiger partial charge < -0.3 is 25.8 Å². The number of carboxylic acid groups (broad SMARTS) is 2. The standard InChI is InChI=1S/C12H18N4O5/c1-2-7(10-13-5-6-14-10)15-12(21)16-8(11(19)20)3-4-9(17)18/h5-8H,2-4H2,1H3,(H,13,14)(H,17,18)(H,19,20)(H2,15,16,21)/t7?,8-/m0/s1. The van der Waals surface area contributed by atoms with E-state index in [9.17, 15) is 14.4 Å². The van der Waals surface area contributed by atoms with E-state index in [1.54, 1.807) is 12.4 Å². The molecule has 5 N–H and O–H groups in total. The zero-order valence-corrected chi connectivity index (χ0v) is 11.5. The van der Waals surface area contributed by atoms with Crippen LogP contribution < -0.4 is 10.6 Å². The summed E-state index contributed by atoms with van der Waals surface area (Å²) in [6.45, 7) is 1.84. The topological polar surface area (TPSA) is 144 Å². The number of nitrogens with one attached hydrogen (secondary N) is 3. The molecule has 0 spiro atoms. The highest BCUT2D eigenvalue weighted by Gasteiger charge is 2.22. The summed E-state index contributed by atoms with van der Waals surface area (Å²) in [7, 11) is 0. The number of hydrogen-bond donors (Lipinski definition) is 5. The first kappa shape index (κ1) is 16.5. The minimum absolute atomic E-state index is 0.185. The molecule has 2 atom stereocenters. The minimum atomic E-state index is -1.28. The number of carboxylic acids is 2. The maximum Gasteiger partial charge on any atom is 0.326 e. The number of rotatable bonds is 8. The van der Waals surface area contributed by atoms with Crippen LogP contribution >= 0.6 is 0 Å². The van der Waals surface area contributed by atoms with Gasteiger partial charge in [0.15, 0.2) is 0 Å². The number of carbonyl (C=O) groups is 3. The van der Waals surface area contributed by atoms with Crippen molar-refractivity contribution in [1.82, 2.24) is 20.6 Å². The molecule has 0 aromatic carbocycles. The number of nitrogens with zero attached hydrogens (tertiary/aromatic N) is 1. The molecule has 1 aromatic rings. The van der Waals surface area contributed by atoms with E-state index in [0.29, 0.717) is 12.2 Å². The summed E-state index contributed by atoms with van der Waals surface area (Å²) in [5.41, 5.74) is 0. The van der Waals surface area contributed by atoms with Crippen LogP contribution in [0.2, 0.25) is 0 Å². The summed E-state index contributed by atoms with van der Waals surface area (Å²) >= 11 is 0. The van der Waals surface area contributed by atoms with Crippen LogP contribution in [-0.4, -0.2) is 44.2 Å². The van der Waals surface area contributed by atoms with E-state index >= 15 is 0 Å². The Balaban J connectivity index is 2.56. The molecule has 1 aromatic heterocycles. The molecule has 2 amide bonds. The fourth-order valence-corrected chi connectivity index (χ4v) is 1.72. The number of hydrogen-bond acceptors (Lipinski definition) is 4. The van der Waals surface area contributed by atoms with E-state index in [1.165, 1.54) is 0 Å². The van der Waals surface area contributed by atoms with Gasteiger partial charge in [0, 0.05) is 18.8 Å². The number of aromatic nitrogens is 2. The van der Waals surface area contributed by atoms with Crippen LogP contribution in [0.15, 0.2) is 12.4 Å². The van der Waals surface area contributed by atoms with Gasteiger partial charge in [0.2, 0.25) is 0 Å². The molecule has 0 bridgehead atoms. The summed E-state index contributed by atoms with van der Waals surface area (Å²) in [5, 5.41) is 22.3. The molecule has 1 rings (SSSR count). The fourth-order valence-electron chi connectivity index (χ4n) is 1.72. The maximum absolute atomic E-state index is 11.8. The van der Waals surface area contributed by atoms with Crippen molar-refractivity contribution in [2.24, 2.45) is 0 Å². The first-order valence-electron chi connectivity index (χ1n) is 6.45. The highest BCUT2D eigenvalue weighted by Crippen LogP contribution is 2.11. The molecular formula is C12H18N4O5. The van der Waals surface area contributed by atoms with Crippen molar-refractivity contribution in [2.45, 2.75) is 38.3 Å². The number of amides is 2. The van der Waals surface area contributed by atoms with Gasteiger partial charge in [0.25, 0.3) is 0 Å². The predicted molar refractivity (Wildman–Crippen MR) is 71.6 cm³/mol. The minimum Gasteiger partial charge on any atom is -0.481 e. The highest BCUT2D eigenvalue weighted by molar-refractivity contribution is 5.83. The number of H-pyrrole nitrogens is 1. The first-order valence-corrected chi connectivity index (χ1v) is 6.45. The molecule has 0 fully saturated rings. The largest absolute Gasteiger partial charge is 0.481 e. The Morgan fingerprint density at radius 3 is 2.52 bits per heavy atom. The molecule has 9 nitrogen and oxygen atoms in total. The zero-order valence-electron chi connectivity index (χ0n) is 11.5. The van der Waals surface area contributed by atoms with Gasteiger partial charge in [-0.05, 0) is 12.8 Å². The Bertz CT molecular complexity index is 488. The van der Waals surface area contributed by atoms with Crippen LogP contribution in [0.25, 0.3) is 0 Å². The molecule has 0 saturated heterocycles. The van der Waals surface area contributed by atoms with Gasteiger partial charge in [-0.15, -0.1) is 0 Å². The summed E-state index contributed by atoms with van der Waals surface area (Å²) in [6.07, 6.45) is 3.20. The second-order valence-electron chi connectivity index (χ2n) is 4.38. The average molecular weight is 298 g/mol. The van der Waals surface area contributed by atoms with Crippen molar-refractivity contribution < 1.29 is 24.6 Å². The summed E-state index contributed by atoms with van der Waals surface area (Å²) in [5.74, 6) is -1.84. The van der Waals surface area contributed by atoms with Crippen LogP contribution in [0.3, 0.4) is 0 Å². The lowest BCUT2D eigenvalue weighted by molar-refractivity contribution is -0.140. The van der Waals surface area contributed by atoms with Crippen LogP contribution in [0.5, 0.6) is 0 Å². The SMILES string of the molecule is CCC(NC(=O)N[C@@H](CCC(=O)O)C(=O)O)c1ncc[nH]1. The van der Waals surface area contributed by atoms with E-state index < -0.39 is 24.0 Å². The second-order valence-corrected chi connectivity index (χ2v) is 4.38. The molecule has 1 unspecified atom stereocenters. The van der Waals surface area contributed by atoms with Crippen molar-refractivity contribution in [3.8, 4) is 0 Å². The van der Waals surface area contributed by atoms with E-state index in [1.807, 2.05) is 6.92 Å². The van der Waals surface area contributed by atoms with Gasteiger partial charge in [0.1, 0.15) is 11.9 Å². The summed E-state index contributed by atoms with van der Waals surface area (Å²) in [6, 6.07) is -2.32. The smallest absolute Gasteiger partial charge is 0.326 e. The Kier molecular flexibility index (Phi) is 6.18. The number of aliphatic carboxylic acids is 2. The molecular weight excluding hydrogens is 280 g/mol. The lowest BCUT2D eigenvalue weighted by atomic mass is 10.1. The monoisotopic (exact) mass is 298 g/mol. The first-order chi connectivity index (χ1) is 9.93. The molecule has 0 aliphatic heterocycles. The molecule has 9 heteroatoms. The van der Waals surface area contributed by atoms with Gasteiger partial charge in [-0.25, -0.2) is 14.6 Å². The van der Waals surface area contributed by atoms with Gasteiger partial charge >= 0.3 is 18.0 Å². The van der Waals surface area contributed by atoms with Crippen molar-refractivity contribution in [3.05, 3.63) is 18.2 Å². The van der Waals surface area contributed by atoms with Crippen molar-refractivity contribution >= 4 is 18.0 Å². The maximum atomic E-state index is 11.8. The molecule has 1 heterocycles. The lowest BCUT2D eigenvalue weighted by Crippen LogP contribution is -2.47. The average Bonchev–Trinajstić information content (AvgIpc) is 2.94. The van der Waals surface area contributed by atoms with Gasteiger partial charge in [-0.2, -0.15) is 0 Å². The van der Waals surface area contributed by atoms with Gasteiger partial charge in [-0.3, -0.25) is 4.79 Å². The van der Waals surface area contributed by atoms with E-state index in [4.69, 9.17) is 10.2 Å². The second kappa shape index (κ2) is 7.88. The third-order valence-corrected chi connectivity index (χ3v) is 2.81. The van der Waals surface area contributed by atoms with Crippen molar-refractivity contribution in [1.29, 1.82) is 0 Å². The molecule has 0 aliphatic carbocycles. The Morgan fingerprint density at radius 2 is 2.05 bits per heavy atom. The molecule has 0 radical (unpaired) electrons. The third-order valence-electron chi connectivity index (χ3n) is 2.81. The molecule has 116 valence electrons. The van der Waals surface area contributed by atoms with Crippen LogP contribution in [0.4, 0.5) is 4.79 Å². The summed E-state index contributed by atoms with van der Waals surface area (Å²) < 4.78 is 0. The quantitative estimate of drug-likeness (QED) is 0.472. The predicted octanol–water partition coefficient (Wildman–Crippen LogP) is 0.478. The van der Waals surface area contributed by atoms with Crippen LogP contribution in [-0.2, 0) is 9.59 Å². The van der Waals surface area contributed by atoms with E-state index in [0.717, 1.165) is 0 Å². The molecule has 0 aliphatic rings. The van der Waals surface area contributed by atoms with Crippen LogP contribution in [0, 0.1) is 0 Å². The van der Waals surface area contributed by atoms with Crippen molar-refractivity contribution in [2.75, 3.05) is 0 Å². The Hall–Kier alpha value is -2.58. The summed E-state index contributed by atoms with van der Waals surface area (Å²) in [4.78, 5) is 40.1. The third kappa shape index (κ3) is 5.51. The van der Waals surface area contributed by atoms with Crippen molar-refractivity contribution in [3.63, 3.8) is 0 Å². The normalized spacial score (nSPS) is 13.2. The van der Waals surface area contributed by atoms with E-state index in [2.05, 4.69) is 20.6 Å². The highest BCUT2D eigenvalue weighted by atomic mass is 16.4. The lowest BCUT2D eigenvalue weighted by Gasteiger charge is -2.18. The molecule has 0 saturated carbocycles. The Labute approximate surface area is 120 Å². The number of urea groups is 1. The van der Waals surface area contributed by atoms with E-state index in [-0.39, 0.29) is 18.9 Å².